The molecule has 0 aromatic heterocycles. The number of rotatable bonds is 5. The van der Waals surface area contributed by atoms with Gasteiger partial charge in [-0.25, -0.2) is 0 Å². The fourth-order valence-corrected chi connectivity index (χ4v) is 2.15. The zero-order valence-corrected chi connectivity index (χ0v) is 13.7. The van der Waals surface area contributed by atoms with Crippen molar-refractivity contribution in [2.45, 2.75) is 13.1 Å². The van der Waals surface area contributed by atoms with Crippen LogP contribution >= 0.6 is 11.6 Å². The zero-order valence-electron chi connectivity index (χ0n) is 13.0. The van der Waals surface area contributed by atoms with E-state index >= 15 is 0 Å². The first kappa shape index (κ1) is 18.8. The first-order chi connectivity index (χ1) is 11.7. The molecule has 0 heterocycles. The van der Waals surface area contributed by atoms with Crippen LogP contribution in [0.5, 0.6) is 5.75 Å². The number of ketones is 1. The Morgan fingerprint density at radius 3 is 2.32 bits per heavy atom. The van der Waals surface area contributed by atoms with E-state index in [-0.39, 0.29) is 10.8 Å². The summed E-state index contributed by atoms with van der Waals surface area (Å²) in [6.45, 7) is 0.924. The van der Waals surface area contributed by atoms with Crippen molar-refractivity contribution >= 4 is 29.0 Å². The lowest BCUT2D eigenvalue weighted by molar-refractivity contribution is -0.137. The molecule has 132 valence electrons. The maximum absolute atomic E-state index is 13.0. The highest BCUT2D eigenvalue weighted by Crippen LogP contribution is 2.36. The lowest BCUT2D eigenvalue weighted by atomic mass is 10.1. The molecule has 0 saturated carbocycles. The predicted octanol–water partition coefficient (Wildman–Crippen LogP) is 4.58. The molecule has 0 bridgehead atoms. The van der Waals surface area contributed by atoms with Crippen LogP contribution in [-0.2, 0) is 11.0 Å². The highest BCUT2D eigenvalue weighted by atomic mass is 35.5. The van der Waals surface area contributed by atoms with Crippen LogP contribution in [0.3, 0.4) is 0 Å². The zero-order chi connectivity index (χ0) is 18.6. The van der Waals surface area contributed by atoms with E-state index in [1.54, 1.807) is 0 Å². The minimum absolute atomic E-state index is 0.0906. The first-order valence-corrected chi connectivity index (χ1v) is 7.45. The summed E-state index contributed by atoms with van der Waals surface area (Å²) in [7, 11) is 0. The molecule has 0 unspecified atom stereocenters. The quantitative estimate of drug-likeness (QED) is 0.783. The Morgan fingerprint density at radius 2 is 1.76 bits per heavy atom. The van der Waals surface area contributed by atoms with Crippen molar-refractivity contribution in [1.29, 1.82) is 0 Å². The number of ether oxygens (including phenoxy) is 1. The van der Waals surface area contributed by atoms with Crippen molar-refractivity contribution in [3.8, 4) is 5.75 Å². The SMILES string of the molecule is CC(=O)c1ccc(OCC(=O)Nc2ccc(Cl)cc2C(F)(F)F)cc1. The smallest absolute Gasteiger partial charge is 0.418 e. The molecule has 0 aliphatic rings. The minimum Gasteiger partial charge on any atom is -0.484 e. The number of amides is 1. The van der Waals surface area contributed by atoms with Gasteiger partial charge in [0, 0.05) is 10.6 Å². The van der Waals surface area contributed by atoms with E-state index in [9.17, 15) is 22.8 Å². The number of carbonyl (C=O) groups is 2. The summed E-state index contributed by atoms with van der Waals surface area (Å²) in [5.74, 6) is -0.567. The van der Waals surface area contributed by atoms with Crippen molar-refractivity contribution in [1.82, 2.24) is 0 Å². The molecule has 8 heteroatoms. The number of alkyl halides is 3. The van der Waals surface area contributed by atoms with E-state index in [2.05, 4.69) is 5.32 Å². The molecule has 0 saturated heterocycles. The van der Waals surface area contributed by atoms with Crippen molar-refractivity contribution < 1.29 is 27.5 Å². The number of carbonyl (C=O) groups excluding carboxylic acids is 2. The Hall–Kier alpha value is -2.54. The van der Waals surface area contributed by atoms with Gasteiger partial charge in [0.05, 0.1) is 11.3 Å². The van der Waals surface area contributed by atoms with Gasteiger partial charge in [0.2, 0.25) is 0 Å². The van der Waals surface area contributed by atoms with Gasteiger partial charge in [-0.15, -0.1) is 0 Å². The van der Waals surface area contributed by atoms with Gasteiger partial charge < -0.3 is 10.1 Å². The van der Waals surface area contributed by atoms with Crippen LogP contribution in [-0.4, -0.2) is 18.3 Å². The standard InChI is InChI=1S/C17H13ClF3NO3/c1-10(23)11-2-5-13(6-3-11)25-9-16(24)22-15-7-4-12(18)8-14(15)17(19,20)21/h2-8H,9H2,1H3,(H,22,24). The molecule has 1 N–H and O–H groups in total. The molecule has 2 aromatic rings. The predicted molar refractivity (Wildman–Crippen MR) is 87.0 cm³/mol. The fraction of sp³-hybridized carbons (Fsp3) is 0.176. The number of nitrogens with one attached hydrogen (secondary N) is 1. The molecule has 0 aliphatic carbocycles. The number of hydrogen-bond donors (Lipinski definition) is 1. The average molecular weight is 372 g/mol. The van der Waals surface area contributed by atoms with Crippen LogP contribution in [0.25, 0.3) is 0 Å². The van der Waals surface area contributed by atoms with Gasteiger partial charge in [-0.1, -0.05) is 11.6 Å². The molecule has 0 spiro atoms. The molecule has 2 aromatic carbocycles. The van der Waals surface area contributed by atoms with Crippen LogP contribution in [0.4, 0.5) is 18.9 Å². The fourth-order valence-electron chi connectivity index (χ4n) is 1.98. The number of halogens is 4. The Balaban J connectivity index is 2.02. The maximum Gasteiger partial charge on any atom is 0.418 e. The number of benzene rings is 2. The van der Waals surface area contributed by atoms with Crippen LogP contribution in [0.1, 0.15) is 22.8 Å². The summed E-state index contributed by atoms with van der Waals surface area (Å²) >= 11 is 5.57. The van der Waals surface area contributed by atoms with Gasteiger partial charge in [0.15, 0.2) is 12.4 Å². The molecule has 0 fully saturated rings. The van der Waals surface area contributed by atoms with Gasteiger partial charge in [0.25, 0.3) is 5.91 Å². The molecule has 1 amide bonds. The second kappa shape index (κ2) is 7.57. The molecule has 2 rings (SSSR count). The second-order valence-corrected chi connectivity index (χ2v) is 5.54. The molecule has 0 aliphatic heterocycles. The maximum atomic E-state index is 13.0. The summed E-state index contributed by atoms with van der Waals surface area (Å²) in [6, 6.07) is 9.09. The monoisotopic (exact) mass is 371 g/mol. The van der Waals surface area contributed by atoms with Gasteiger partial charge in [-0.2, -0.15) is 13.2 Å². The van der Waals surface area contributed by atoms with Crippen molar-refractivity contribution in [2.24, 2.45) is 0 Å². The van der Waals surface area contributed by atoms with Gasteiger partial charge >= 0.3 is 6.18 Å². The highest BCUT2D eigenvalue weighted by molar-refractivity contribution is 6.30. The number of Topliss-reactive ketones (excluding diaryl/α,β-unsaturated/α-hetero) is 1. The normalized spacial score (nSPS) is 11.1. The van der Waals surface area contributed by atoms with Gasteiger partial charge in [-0.05, 0) is 49.4 Å². The topological polar surface area (TPSA) is 55.4 Å². The third kappa shape index (κ3) is 5.22. The summed E-state index contributed by atoms with van der Waals surface area (Å²) in [5, 5.41) is 2.06. The Bertz CT molecular complexity index is 789. The van der Waals surface area contributed by atoms with Crippen LogP contribution < -0.4 is 10.1 Å². The third-order valence-corrected chi connectivity index (χ3v) is 3.43. The Morgan fingerprint density at radius 1 is 1.12 bits per heavy atom. The highest BCUT2D eigenvalue weighted by Gasteiger charge is 2.34. The summed E-state index contributed by atoms with van der Waals surface area (Å²) in [5.41, 5.74) is -0.968. The second-order valence-electron chi connectivity index (χ2n) is 5.11. The van der Waals surface area contributed by atoms with Crippen molar-refractivity contribution in [3.63, 3.8) is 0 Å². The summed E-state index contributed by atoms with van der Waals surface area (Å²) in [6.07, 6.45) is -4.66. The van der Waals surface area contributed by atoms with Gasteiger partial charge in [0.1, 0.15) is 5.75 Å². The van der Waals surface area contributed by atoms with E-state index < -0.39 is 29.9 Å². The number of anilines is 1. The van der Waals surface area contributed by atoms with E-state index in [4.69, 9.17) is 16.3 Å². The van der Waals surface area contributed by atoms with E-state index in [0.29, 0.717) is 11.3 Å². The van der Waals surface area contributed by atoms with E-state index in [1.165, 1.54) is 37.3 Å². The molecular formula is C17H13ClF3NO3. The number of hydrogen-bond acceptors (Lipinski definition) is 3. The van der Waals surface area contributed by atoms with Crippen molar-refractivity contribution in [2.75, 3.05) is 11.9 Å². The molecule has 25 heavy (non-hydrogen) atoms. The summed E-state index contributed by atoms with van der Waals surface area (Å²) < 4.78 is 44.1. The van der Waals surface area contributed by atoms with Crippen LogP contribution in [0.2, 0.25) is 5.02 Å². The molecule has 4 nitrogen and oxygen atoms in total. The average Bonchev–Trinajstić information content (AvgIpc) is 2.54. The minimum atomic E-state index is -4.66. The van der Waals surface area contributed by atoms with Crippen LogP contribution in [0.15, 0.2) is 42.5 Å². The Kier molecular flexibility index (Phi) is 5.69. The molecule has 0 radical (unpaired) electrons. The third-order valence-electron chi connectivity index (χ3n) is 3.19. The summed E-state index contributed by atoms with van der Waals surface area (Å²) in [4.78, 5) is 23.0. The van der Waals surface area contributed by atoms with E-state index in [1.807, 2.05) is 0 Å². The Labute approximate surface area is 146 Å². The first-order valence-electron chi connectivity index (χ1n) is 7.07. The van der Waals surface area contributed by atoms with Crippen LogP contribution in [0, 0.1) is 0 Å². The van der Waals surface area contributed by atoms with Crippen molar-refractivity contribution in [3.05, 3.63) is 58.6 Å². The molecule has 0 atom stereocenters. The van der Waals surface area contributed by atoms with Gasteiger partial charge in [-0.3, -0.25) is 9.59 Å². The lowest BCUT2D eigenvalue weighted by Gasteiger charge is -2.14. The largest absolute Gasteiger partial charge is 0.484 e. The molecular weight excluding hydrogens is 359 g/mol. The van der Waals surface area contributed by atoms with E-state index in [0.717, 1.165) is 12.1 Å². The lowest BCUT2D eigenvalue weighted by Crippen LogP contribution is -2.22.